The molecule has 2 N–H and O–H groups in total. The highest BCUT2D eigenvalue weighted by Gasteiger charge is 2.16. The van der Waals surface area contributed by atoms with Gasteiger partial charge in [-0.3, -0.25) is 0 Å². The molecule has 0 heterocycles. The van der Waals surface area contributed by atoms with Crippen molar-refractivity contribution in [1.29, 1.82) is 0 Å². The van der Waals surface area contributed by atoms with Crippen LogP contribution in [0.1, 0.15) is 11.1 Å². The van der Waals surface area contributed by atoms with Crippen LogP contribution in [-0.4, -0.2) is 10.2 Å². The van der Waals surface area contributed by atoms with Crippen molar-refractivity contribution in [2.24, 2.45) is 0 Å². The largest absolute Gasteiger partial charge is 0.508 e. The van der Waals surface area contributed by atoms with E-state index in [1.54, 1.807) is 12.1 Å². The molecule has 0 bridgehead atoms. The Balaban J connectivity index is 2.15. The van der Waals surface area contributed by atoms with Gasteiger partial charge in [-0.15, -0.1) is 0 Å². The van der Waals surface area contributed by atoms with Gasteiger partial charge in [0, 0.05) is 0 Å². The molecular weight excluding hydrogens is 320 g/mol. The zero-order valence-electron chi connectivity index (χ0n) is 14.8. The second-order valence-corrected chi connectivity index (χ2v) is 6.61. The molecule has 0 amide bonds. The lowest BCUT2D eigenvalue weighted by Gasteiger charge is -2.18. The summed E-state index contributed by atoms with van der Waals surface area (Å²) in [5.74, 6) is 0.572. The van der Waals surface area contributed by atoms with Crippen molar-refractivity contribution >= 4 is 10.8 Å². The van der Waals surface area contributed by atoms with Crippen LogP contribution in [0.4, 0.5) is 0 Å². The van der Waals surface area contributed by atoms with Crippen LogP contribution < -0.4 is 0 Å². The average molecular weight is 340 g/mol. The Morgan fingerprint density at radius 1 is 0.538 bits per heavy atom. The number of rotatable bonds is 2. The molecule has 4 aromatic rings. The molecule has 0 aromatic heterocycles. The number of phenolic OH excluding ortho intramolecular Hbond substituents is 2. The minimum absolute atomic E-state index is 0.286. The Labute approximate surface area is 153 Å². The van der Waals surface area contributed by atoms with Gasteiger partial charge >= 0.3 is 0 Å². The minimum Gasteiger partial charge on any atom is -0.508 e. The van der Waals surface area contributed by atoms with E-state index < -0.39 is 0 Å². The predicted octanol–water partition coefficient (Wildman–Crippen LogP) is 6.20. The molecule has 0 aliphatic carbocycles. The molecule has 0 spiro atoms. The molecule has 2 nitrogen and oxygen atoms in total. The first-order chi connectivity index (χ1) is 12.6. The highest BCUT2D eigenvalue weighted by molar-refractivity contribution is 6.05. The summed E-state index contributed by atoms with van der Waals surface area (Å²) in [6.45, 7) is 3.87. The van der Waals surface area contributed by atoms with Crippen molar-refractivity contribution in [2.75, 3.05) is 0 Å². The van der Waals surface area contributed by atoms with Crippen LogP contribution in [0.25, 0.3) is 33.0 Å². The Kier molecular flexibility index (Phi) is 3.89. The molecule has 0 aliphatic rings. The quantitative estimate of drug-likeness (QED) is 0.456. The van der Waals surface area contributed by atoms with Crippen LogP contribution in [0.3, 0.4) is 0 Å². The monoisotopic (exact) mass is 340 g/mol. The summed E-state index contributed by atoms with van der Waals surface area (Å²) >= 11 is 0. The van der Waals surface area contributed by atoms with Crippen molar-refractivity contribution in [3.8, 4) is 33.8 Å². The van der Waals surface area contributed by atoms with E-state index in [-0.39, 0.29) is 11.5 Å². The molecule has 4 aromatic carbocycles. The molecule has 4 rings (SSSR count). The van der Waals surface area contributed by atoms with Gasteiger partial charge in [0.15, 0.2) is 0 Å². The van der Waals surface area contributed by atoms with Crippen LogP contribution in [-0.2, 0) is 0 Å². The molecule has 0 aliphatic heterocycles. The molecule has 0 radical (unpaired) electrons. The van der Waals surface area contributed by atoms with Gasteiger partial charge in [-0.05, 0) is 70.1 Å². The van der Waals surface area contributed by atoms with Gasteiger partial charge in [-0.1, -0.05) is 60.7 Å². The normalized spacial score (nSPS) is 11.0. The zero-order chi connectivity index (χ0) is 18.3. The van der Waals surface area contributed by atoms with E-state index in [1.807, 2.05) is 50.2 Å². The van der Waals surface area contributed by atoms with Crippen LogP contribution in [0, 0.1) is 13.8 Å². The third-order valence-electron chi connectivity index (χ3n) is 5.10. The van der Waals surface area contributed by atoms with E-state index in [1.165, 1.54) is 0 Å². The summed E-state index contributed by atoms with van der Waals surface area (Å²) in [6.07, 6.45) is 0. The van der Waals surface area contributed by atoms with Crippen molar-refractivity contribution in [3.63, 3.8) is 0 Å². The lowest BCUT2D eigenvalue weighted by atomic mass is 9.86. The fourth-order valence-corrected chi connectivity index (χ4v) is 3.60. The first-order valence-corrected chi connectivity index (χ1v) is 8.67. The summed E-state index contributed by atoms with van der Waals surface area (Å²) < 4.78 is 0. The van der Waals surface area contributed by atoms with Crippen LogP contribution in [0.15, 0.2) is 72.8 Å². The standard InChI is InChI=1S/C24H20O2/c1-15-18(9-5-11-22(15)25)21-14-13-17-7-3-4-8-20(17)24(21)19-10-6-12-23(26)16(19)2/h3-14,25-26H,1-2H3. The first kappa shape index (κ1) is 16.2. The molecule has 0 saturated heterocycles. The fraction of sp³-hybridized carbons (Fsp3) is 0.0833. The number of aromatic hydroxyl groups is 2. The topological polar surface area (TPSA) is 40.5 Å². The van der Waals surface area contributed by atoms with Crippen LogP contribution >= 0.6 is 0 Å². The summed E-state index contributed by atoms with van der Waals surface area (Å²) in [5.41, 5.74) is 5.81. The SMILES string of the molecule is Cc1c(O)cccc1-c1ccc2ccccc2c1-c1cccc(O)c1C. The van der Waals surface area contributed by atoms with E-state index in [9.17, 15) is 10.2 Å². The lowest BCUT2D eigenvalue weighted by Crippen LogP contribution is -1.92. The smallest absolute Gasteiger partial charge is 0.119 e. The van der Waals surface area contributed by atoms with Gasteiger partial charge < -0.3 is 10.2 Å². The maximum absolute atomic E-state index is 10.3. The molecule has 0 atom stereocenters. The van der Waals surface area contributed by atoms with Gasteiger partial charge in [0.2, 0.25) is 0 Å². The maximum atomic E-state index is 10.3. The highest BCUT2D eigenvalue weighted by atomic mass is 16.3. The van der Waals surface area contributed by atoms with E-state index in [0.717, 1.165) is 44.2 Å². The van der Waals surface area contributed by atoms with Crippen molar-refractivity contribution in [2.45, 2.75) is 13.8 Å². The lowest BCUT2D eigenvalue weighted by molar-refractivity contribution is 0.471. The molecule has 2 heteroatoms. The number of fused-ring (bicyclic) bond motifs is 1. The van der Waals surface area contributed by atoms with Gasteiger partial charge in [0.05, 0.1) is 0 Å². The second kappa shape index (κ2) is 6.23. The Morgan fingerprint density at radius 3 is 1.88 bits per heavy atom. The Hall–Kier alpha value is -3.26. The van der Waals surface area contributed by atoms with Gasteiger partial charge in [-0.25, -0.2) is 0 Å². The van der Waals surface area contributed by atoms with Crippen molar-refractivity contribution < 1.29 is 10.2 Å². The third-order valence-corrected chi connectivity index (χ3v) is 5.10. The third kappa shape index (κ3) is 2.51. The molecule has 26 heavy (non-hydrogen) atoms. The summed E-state index contributed by atoms with van der Waals surface area (Å²) in [6, 6.07) is 23.7. The molecule has 0 unspecified atom stereocenters. The zero-order valence-corrected chi connectivity index (χ0v) is 14.8. The van der Waals surface area contributed by atoms with Crippen molar-refractivity contribution in [1.82, 2.24) is 0 Å². The van der Waals surface area contributed by atoms with E-state index in [4.69, 9.17) is 0 Å². The molecular formula is C24H20O2. The number of hydrogen-bond donors (Lipinski definition) is 2. The van der Waals surface area contributed by atoms with Crippen LogP contribution in [0.5, 0.6) is 11.5 Å². The fourth-order valence-electron chi connectivity index (χ4n) is 3.60. The Bertz CT molecular complexity index is 1130. The summed E-state index contributed by atoms with van der Waals surface area (Å²) in [4.78, 5) is 0. The first-order valence-electron chi connectivity index (χ1n) is 8.67. The number of phenols is 2. The molecule has 0 fully saturated rings. The average Bonchev–Trinajstić information content (AvgIpc) is 2.66. The summed E-state index contributed by atoms with van der Waals surface area (Å²) in [7, 11) is 0. The van der Waals surface area contributed by atoms with Gasteiger partial charge in [-0.2, -0.15) is 0 Å². The van der Waals surface area contributed by atoms with Crippen LogP contribution in [0.2, 0.25) is 0 Å². The van der Waals surface area contributed by atoms with Crippen molar-refractivity contribution in [3.05, 3.63) is 83.9 Å². The number of hydrogen-bond acceptors (Lipinski definition) is 2. The maximum Gasteiger partial charge on any atom is 0.119 e. The highest BCUT2D eigenvalue weighted by Crippen LogP contribution is 2.42. The Morgan fingerprint density at radius 2 is 1.15 bits per heavy atom. The molecule has 128 valence electrons. The van der Waals surface area contributed by atoms with Gasteiger partial charge in [0.25, 0.3) is 0 Å². The summed E-state index contributed by atoms with van der Waals surface area (Å²) in [5, 5.41) is 22.7. The van der Waals surface area contributed by atoms with Gasteiger partial charge in [0.1, 0.15) is 11.5 Å². The predicted molar refractivity (Wildman–Crippen MR) is 108 cm³/mol. The number of benzene rings is 4. The van der Waals surface area contributed by atoms with E-state index in [0.29, 0.717) is 0 Å². The molecule has 0 saturated carbocycles. The van der Waals surface area contributed by atoms with E-state index in [2.05, 4.69) is 24.3 Å². The van der Waals surface area contributed by atoms with E-state index >= 15 is 0 Å². The second-order valence-electron chi connectivity index (χ2n) is 6.61. The minimum atomic E-state index is 0.286.